The number of ether oxygens (including phenoxy) is 1. The summed E-state index contributed by atoms with van der Waals surface area (Å²) in [4.78, 5) is 8.46. The molecule has 0 aliphatic heterocycles. The van der Waals surface area contributed by atoms with Crippen molar-refractivity contribution in [2.75, 3.05) is 38.6 Å². The highest BCUT2D eigenvalue weighted by molar-refractivity contribution is 14.0. The van der Waals surface area contributed by atoms with Gasteiger partial charge in [-0.05, 0) is 44.0 Å². The minimum Gasteiger partial charge on any atom is -0.492 e. The normalized spacial score (nSPS) is 10.7. The van der Waals surface area contributed by atoms with Crippen LogP contribution in [0.15, 0.2) is 53.7 Å². The molecule has 0 unspecified atom stereocenters. The summed E-state index contributed by atoms with van der Waals surface area (Å²) in [6.45, 7) is 5.15. The van der Waals surface area contributed by atoms with Gasteiger partial charge in [-0.1, -0.05) is 23.8 Å². The van der Waals surface area contributed by atoms with E-state index in [1.54, 1.807) is 13.2 Å². The lowest BCUT2D eigenvalue weighted by atomic mass is 10.2. The molecule has 3 N–H and O–H groups in total. The predicted octanol–water partition coefficient (Wildman–Crippen LogP) is 3.44. The maximum atomic E-state index is 5.70. The molecule has 0 saturated carbocycles. The lowest BCUT2D eigenvalue weighted by Crippen LogP contribution is -2.39. The van der Waals surface area contributed by atoms with E-state index in [2.05, 4.69) is 32.9 Å². The second-order valence-corrected chi connectivity index (χ2v) is 5.94. The molecule has 1 aromatic carbocycles. The van der Waals surface area contributed by atoms with E-state index in [9.17, 15) is 0 Å². The third kappa shape index (κ3) is 10.0. The first-order valence-electron chi connectivity index (χ1n) is 9.07. The zero-order chi connectivity index (χ0) is 18.5. The number of anilines is 1. The van der Waals surface area contributed by atoms with Crippen LogP contribution in [0.4, 0.5) is 5.82 Å². The van der Waals surface area contributed by atoms with Crippen LogP contribution in [0.2, 0.25) is 0 Å². The summed E-state index contributed by atoms with van der Waals surface area (Å²) in [7, 11) is 1.78. The number of nitrogens with one attached hydrogen (secondary N) is 3. The molecule has 0 saturated heterocycles. The fraction of sp³-hybridized carbons (Fsp3) is 0.400. The molecule has 148 valence electrons. The van der Waals surface area contributed by atoms with Crippen LogP contribution in [0.25, 0.3) is 0 Å². The predicted molar refractivity (Wildman–Crippen MR) is 123 cm³/mol. The van der Waals surface area contributed by atoms with E-state index in [0.29, 0.717) is 13.2 Å². The van der Waals surface area contributed by atoms with Gasteiger partial charge in [0.1, 0.15) is 18.2 Å². The van der Waals surface area contributed by atoms with E-state index in [1.165, 1.54) is 5.56 Å². The smallest absolute Gasteiger partial charge is 0.191 e. The molecule has 0 aliphatic carbocycles. The summed E-state index contributed by atoms with van der Waals surface area (Å²) in [5.41, 5.74) is 1.23. The Hall–Kier alpha value is -2.03. The van der Waals surface area contributed by atoms with Crippen molar-refractivity contribution in [2.45, 2.75) is 19.8 Å². The number of nitrogens with zero attached hydrogens (tertiary/aromatic N) is 2. The van der Waals surface area contributed by atoms with Crippen molar-refractivity contribution < 1.29 is 4.74 Å². The van der Waals surface area contributed by atoms with E-state index >= 15 is 0 Å². The second-order valence-electron chi connectivity index (χ2n) is 5.94. The number of benzene rings is 1. The summed E-state index contributed by atoms with van der Waals surface area (Å²) in [6.07, 6.45) is 3.92. The zero-order valence-corrected chi connectivity index (χ0v) is 18.4. The molecule has 0 aliphatic rings. The van der Waals surface area contributed by atoms with Gasteiger partial charge in [-0.3, -0.25) is 4.99 Å². The summed E-state index contributed by atoms with van der Waals surface area (Å²) in [5, 5.41) is 9.88. The topological polar surface area (TPSA) is 70.6 Å². The van der Waals surface area contributed by atoms with Gasteiger partial charge >= 0.3 is 0 Å². The highest BCUT2D eigenvalue weighted by Gasteiger charge is 1.98. The van der Waals surface area contributed by atoms with Crippen LogP contribution in [-0.2, 0) is 0 Å². The van der Waals surface area contributed by atoms with Gasteiger partial charge in [0.25, 0.3) is 0 Å². The number of guanidine groups is 1. The minimum atomic E-state index is 0. The van der Waals surface area contributed by atoms with Crippen molar-refractivity contribution in [3.63, 3.8) is 0 Å². The Bertz CT molecular complexity index is 649. The maximum absolute atomic E-state index is 5.70. The average Bonchev–Trinajstić information content (AvgIpc) is 2.68. The SMILES string of the molecule is CN=C(NCCCCNc1ccccn1)NCCOc1ccc(C)cc1.I. The summed E-state index contributed by atoms with van der Waals surface area (Å²) in [6, 6.07) is 13.9. The third-order valence-corrected chi connectivity index (χ3v) is 3.77. The van der Waals surface area contributed by atoms with Crippen LogP contribution in [-0.4, -0.2) is 44.2 Å². The van der Waals surface area contributed by atoms with Crippen molar-refractivity contribution in [1.29, 1.82) is 0 Å². The molecule has 27 heavy (non-hydrogen) atoms. The molecular formula is C20H30IN5O. The molecule has 0 fully saturated rings. The van der Waals surface area contributed by atoms with E-state index in [0.717, 1.165) is 43.5 Å². The van der Waals surface area contributed by atoms with Crippen molar-refractivity contribution in [3.05, 3.63) is 54.2 Å². The van der Waals surface area contributed by atoms with Gasteiger partial charge in [0, 0.05) is 26.3 Å². The quantitative estimate of drug-likeness (QED) is 0.209. The Labute approximate surface area is 179 Å². The Morgan fingerprint density at radius 3 is 2.44 bits per heavy atom. The lowest BCUT2D eigenvalue weighted by Gasteiger charge is -2.12. The fourth-order valence-corrected chi connectivity index (χ4v) is 2.33. The second kappa shape index (κ2) is 14.1. The Kier molecular flexibility index (Phi) is 12.0. The summed E-state index contributed by atoms with van der Waals surface area (Å²) >= 11 is 0. The summed E-state index contributed by atoms with van der Waals surface area (Å²) in [5.74, 6) is 2.61. The molecule has 0 atom stereocenters. The number of aromatic nitrogens is 1. The zero-order valence-electron chi connectivity index (χ0n) is 16.1. The number of unbranched alkanes of at least 4 members (excludes halogenated alkanes) is 1. The maximum Gasteiger partial charge on any atom is 0.191 e. The fourth-order valence-electron chi connectivity index (χ4n) is 2.33. The van der Waals surface area contributed by atoms with Crippen LogP contribution in [0.3, 0.4) is 0 Å². The van der Waals surface area contributed by atoms with Crippen LogP contribution >= 0.6 is 24.0 Å². The van der Waals surface area contributed by atoms with Gasteiger partial charge in [0.05, 0.1) is 6.54 Å². The summed E-state index contributed by atoms with van der Waals surface area (Å²) < 4.78 is 5.70. The first-order valence-corrected chi connectivity index (χ1v) is 9.07. The van der Waals surface area contributed by atoms with Crippen molar-refractivity contribution in [1.82, 2.24) is 15.6 Å². The third-order valence-electron chi connectivity index (χ3n) is 3.77. The number of pyridine rings is 1. The highest BCUT2D eigenvalue weighted by atomic mass is 127. The lowest BCUT2D eigenvalue weighted by molar-refractivity contribution is 0.322. The first-order chi connectivity index (χ1) is 12.8. The van der Waals surface area contributed by atoms with Gasteiger partial charge in [0.15, 0.2) is 5.96 Å². The minimum absolute atomic E-state index is 0. The number of aryl methyl sites for hydroxylation is 1. The monoisotopic (exact) mass is 483 g/mol. The molecular weight excluding hydrogens is 453 g/mol. The molecule has 0 spiro atoms. The van der Waals surface area contributed by atoms with Crippen LogP contribution in [0.1, 0.15) is 18.4 Å². The van der Waals surface area contributed by atoms with E-state index in [-0.39, 0.29) is 24.0 Å². The van der Waals surface area contributed by atoms with Gasteiger partial charge in [-0.15, -0.1) is 24.0 Å². The molecule has 0 bridgehead atoms. The number of hydrogen-bond donors (Lipinski definition) is 3. The molecule has 2 aromatic rings. The molecule has 7 heteroatoms. The van der Waals surface area contributed by atoms with Gasteiger partial charge in [0.2, 0.25) is 0 Å². The Morgan fingerprint density at radius 1 is 1.00 bits per heavy atom. The van der Waals surface area contributed by atoms with Crippen LogP contribution in [0.5, 0.6) is 5.75 Å². The van der Waals surface area contributed by atoms with E-state index in [1.807, 2.05) is 42.5 Å². The molecule has 6 nitrogen and oxygen atoms in total. The van der Waals surface area contributed by atoms with E-state index < -0.39 is 0 Å². The Balaban J connectivity index is 0.00000364. The molecule has 1 heterocycles. The van der Waals surface area contributed by atoms with Gasteiger partial charge < -0.3 is 20.7 Å². The van der Waals surface area contributed by atoms with Crippen LogP contribution < -0.4 is 20.7 Å². The Morgan fingerprint density at radius 2 is 1.74 bits per heavy atom. The van der Waals surface area contributed by atoms with Crippen molar-refractivity contribution >= 4 is 35.8 Å². The van der Waals surface area contributed by atoms with Crippen LogP contribution in [0, 0.1) is 6.92 Å². The largest absolute Gasteiger partial charge is 0.492 e. The number of rotatable bonds is 10. The molecule has 0 amide bonds. The van der Waals surface area contributed by atoms with Crippen molar-refractivity contribution in [2.24, 2.45) is 4.99 Å². The van der Waals surface area contributed by atoms with Gasteiger partial charge in [-0.25, -0.2) is 4.98 Å². The number of halogens is 1. The number of aliphatic imine (C=N–C) groups is 1. The standard InChI is InChI=1S/C20H29N5O.HI/c1-17-8-10-18(11-9-17)26-16-15-25-20(21-2)24-14-6-5-13-23-19-7-3-4-12-22-19;/h3-4,7-12H,5-6,13-16H2,1-2H3,(H,22,23)(H2,21,24,25);1H. The highest BCUT2D eigenvalue weighted by Crippen LogP contribution is 2.10. The van der Waals surface area contributed by atoms with Gasteiger partial charge in [-0.2, -0.15) is 0 Å². The molecule has 1 aromatic heterocycles. The molecule has 2 rings (SSSR count). The van der Waals surface area contributed by atoms with E-state index in [4.69, 9.17) is 4.74 Å². The molecule has 0 radical (unpaired) electrons. The first kappa shape index (κ1) is 23.0. The average molecular weight is 483 g/mol. The van der Waals surface area contributed by atoms with Crippen molar-refractivity contribution in [3.8, 4) is 5.75 Å². The number of hydrogen-bond acceptors (Lipinski definition) is 4.